The Morgan fingerprint density at radius 1 is 1.31 bits per heavy atom. The van der Waals surface area contributed by atoms with E-state index in [1.807, 2.05) is 25.1 Å². The van der Waals surface area contributed by atoms with Crippen molar-refractivity contribution in [2.24, 2.45) is 5.41 Å². The SMILES string of the molecule is CCOc1cc(CN(C)CC2CC3(CCNCC3)C(=O)O2)ccc1OC. The smallest absolute Gasteiger partial charge is 0.312 e. The van der Waals surface area contributed by atoms with Crippen LogP contribution in [-0.4, -0.2) is 57.4 Å². The van der Waals surface area contributed by atoms with Gasteiger partial charge in [0.2, 0.25) is 0 Å². The number of nitrogens with one attached hydrogen (secondary N) is 1. The van der Waals surface area contributed by atoms with Crippen LogP contribution in [0, 0.1) is 5.41 Å². The van der Waals surface area contributed by atoms with Crippen molar-refractivity contribution in [3.05, 3.63) is 23.8 Å². The summed E-state index contributed by atoms with van der Waals surface area (Å²) in [4.78, 5) is 14.6. The summed E-state index contributed by atoms with van der Waals surface area (Å²) in [6, 6.07) is 6.01. The molecule has 1 atom stereocenters. The van der Waals surface area contributed by atoms with E-state index in [0.29, 0.717) is 6.61 Å². The second-order valence-electron chi connectivity index (χ2n) is 7.38. The number of piperidine rings is 1. The molecule has 2 saturated heterocycles. The van der Waals surface area contributed by atoms with Crippen molar-refractivity contribution in [2.75, 3.05) is 40.4 Å². The van der Waals surface area contributed by atoms with Crippen LogP contribution in [0.4, 0.5) is 0 Å². The number of nitrogens with zero attached hydrogens (tertiary/aromatic N) is 1. The molecule has 6 nitrogen and oxygen atoms in total. The van der Waals surface area contributed by atoms with Gasteiger partial charge in [-0.3, -0.25) is 9.69 Å². The number of ether oxygens (including phenoxy) is 3. The van der Waals surface area contributed by atoms with Gasteiger partial charge < -0.3 is 19.5 Å². The van der Waals surface area contributed by atoms with Crippen LogP contribution in [0.2, 0.25) is 0 Å². The molecule has 3 rings (SSSR count). The van der Waals surface area contributed by atoms with Crippen molar-refractivity contribution in [1.82, 2.24) is 10.2 Å². The maximum atomic E-state index is 12.4. The fourth-order valence-electron chi connectivity index (χ4n) is 4.06. The number of carbonyl (C=O) groups is 1. The van der Waals surface area contributed by atoms with Gasteiger partial charge in [-0.1, -0.05) is 6.07 Å². The molecule has 1 aromatic rings. The number of benzene rings is 1. The molecule has 6 heteroatoms. The third-order valence-electron chi connectivity index (χ3n) is 5.38. The third-order valence-corrected chi connectivity index (χ3v) is 5.38. The fourth-order valence-corrected chi connectivity index (χ4v) is 4.06. The molecule has 1 spiro atoms. The van der Waals surface area contributed by atoms with Gasteiger partial charge in [-0.2, -0.15) is 0 Å². The van der Waals surface area contributed by atoms with E-state index >= 15 is 0 Å². The molecule has 26 heavy (non-hydrogen) atoms. The van der Waals surface area contributed by atoms with E-state index in [1.54, 1.807) is 7.11 Å². The van der Waals surface area contributed by atoms with Crippen molar-refractivity contribution in [2.45, 2.75) is 38.8 Å². The molecule has 0 amide bonds. The maximum Gasteiger partial charge on any atom is 0.312 e. The summed E-state index contributed by atoms with van der Waals surface area (Å²) >= 11 is 0. The number of likely N-dealkylation sites (N-methyl/N-ethyl adjacent to an activating group) is 1. The first-order chi connectivity index (χ1) is 12.6. The average molecular weight is 362 g/mol. The van der Waals surface area contributed by atoms with E-state index in [1.165, 1.54) is 0 Å². The zero-order chi connectivity index (χ0) is 18.6. The molecular weight excluding hydrogens is 332 g/mol. The van der Waals surface area contributed by atoms with Gasteiger partial charge in [-0.25, -0.2) is 0 Å². The molecule has 2 heterocycles. The number of carbonyl (C=O) groups excluding carboxylic acids is 1. The lowest BCUT2D eigenvalue weighted by Crippen LogP contribution is -2.39. The number of hydrogen-bond acceptors (Lipinski definition) is 6. The monoisotopic (exact) mass is 362 g/mol. The topological polar surface area (TPSA) is 60.0 Å². The molecule has 0 saturated carbocycles. The number of hydrogen-bond donors (Lipinski definition) is 1. The van der Waals surface area contributed by atoms with E-state index in [4.69, 9.17) is 14.2 Å². The first kappa shape index (κ1) is 19.0. The Morgan fingerprint density at radius 2 is 2.08 bits per heavy atom. The highest BCUT2D eigenvalue weighted by molar-refractivity contribution is 5.79. The molecule has 2 aliphatic rings. The zero-order valence-corrected chi connectivity index (χ0v) is 16.0. The van der Waals surface area contributed by atoms with Gasteiger partial charge >= 0.3 is 5.97 Å². The average Bonchev–Trinajstić information content (AvgIpc) is 2.90. The van der Waals surface area contributed by atoms with Crippen LogP contribution in [0.3, 0.4) is 0 Å². The van der Waals surface area contributed by atoms with Crippen molar-refractivity contribution < 1.29 is 19.0 Å². The van der Waals surface area contributed by atoms with E-state index in [9.17, 15) is 4.79 Å². The van der Waals surface area contributed by atoms with Gasteiger partial charge in [0.15, 0.2) is 11.5 Å². The molecule has 1 unspecified atom stereocenters. The minimum Gasteiger partial charge on any atom is -0.493 e. The molecule has 0 aromatic heterocycles. The molecule has 0 aliphatic carbocycles. The lowest BCUT2D eigenvalue weighted by Gasteiger charge is -2.29. The summed E-state index contributed by atoms with van der Waals surface area (Å²) in [5.74, 6) is 1.51. The Labute approximate surface area is 155 Å². The van der Waals surface area contributed by atoms with Gasteiger partial charge in [0.05, 0.1) is 19.1 Å². The van der Waals surface area contributed by atoms with Crippen LogP contribution < -0.4 is 14.8 Å². The Kier molecular flexibility index (Phi) is 6.04. The molecule has 1 aromatic carbocycles. The minimum atomic E-state index is -0.251. The van der Waals surface area contributed by atoms with Gasteiger partial charge in [0, 0.05) is 19.5 Å². The zero-order valence-electron chi connectivity index (χ0n) is 16.0. The summed E-state index contributed by atoms with van der Waals surface area (Å²) in [6.07, 6.45) is 2.60. The van der Waals surface area contributed by atoms with Crippen LogP contribution in [0.25, 0.3) is 0 Å². The third kappa shape index (κ3) is 4.13. The minimum absolute atomic E-state index is 0.000444. The Bertz CT molecular complexity index is 628. The predicted molar refractivity (Wildman–Crippen MR) is 99.5 cm³/mol. The summed E-state index contributed by atoms with van der Waals surface area (Å²) < 4.78 is 16.7. The van der Waals surface area contributed by atoms with E-state index < -0.39 is 0 Å². The first-order valence-corrected chi connectivity index (χ1v) is 9.46. The maximum absolute atomic E-state index is 12.4. The quantitative estimate of drug-likeness (QED) is 0.751. The van der Waals surface area contributed by atoms with Crippen molar-refractivity contribution in [1.29, 1.82) is 0 Å². The van der Waals surface area contributed by atoms with Crippen LogP contribution in [0.5, 0.6) is 11.5 Å². The van der Waals surface area contributed by atoms with Crippen LogP contribution >= 0.6 is 0 Å². The molecule has 0 bridgehead atoms. The van der Waals surface area contributed by atoms with Crippen LogP contribution in [0.1, 0.15) is 31.7 Å². The summed E-state index contributed by atoms with van der Waals surface area (Å²) in [5.41, 5.74) is 0.900. The number of rotatable bonds is 7. The lowest BCUT2D eigenvalue weighted by molar-refractivity contribution is -0.150. The van der Waals surface area contributed by atoms with Crippen molar-refractivity contribution >= 4 is 5.97 Å². The van der Waals surface area contributed by atoms with Gasteiger partial charge in [0.25, 0.3) is 0 Å². The first-order valence-electron chi connectivity index (χ1n) is 9.46. The van der Waals surface area contributed by atoms with Crippen molar-refractivity contribution in [3.63, 3.8) is 0 Å². The number of methoxy groups -OCH3 is 1. The Hall–Kier alpha value is -1.79. The van der Waals surface area contributed by atoms with Gasteiger partial charge in [-0.05, 0) is 57.6 Å². The number of cyclic esters (lactones) is 1. The molecule has 2 aliphatic heterocycles. The lowest BCUT2D eigenvalue weighted by atomic mass is 9.76. The second kappa shape index (κ2) is 8.27. The standard InChI is InChI=1S/C20H30N2O4/c1-4-25-18-11-15(5-6-17(18)24-3)13-22(2)14-16-12-20(19(23)26-16)7-9-21-10-8-20/h5-6,11,16,21H,4,7-10,12-14H2,1-3H3. The Morgan fingerprint density at radius 3 is 2.77 bits per heavy atom. The highest BCUT2D eigenvalue weighted by Gasteiger charge is 2.49. The van der Waals surface area contributed by atoms with Gasteiger partial charge in [-0.15, -0.1) is 0 Å². The normalized spacial score (nSPS) is 21.8. The molecular formula is C20H30N2O4. The van der Waals surface area contributed by atoms with Crippen molar-refractivity contribution in [3.8, 4) is 11.5 Å². The van der Waals surface area contributed by atoms with E-state index in [0.717, 1.165) is 62.5 Å². The van der Waals surface area contributed by atoms with Gasteiger partial charge in [0.1, 0.15) is 6.10 Å². The van der Waals surface area contributed by atoms with Crippen LogP contribution in [-0.2, 0) is 16.1 Å². The highest BCUT2D eigenvalue weighted by Crippen LogP contribution is 2.41. The van der Waals surface area contributed by atoms with E-state index in [2.05, 4.69) is 17.3 Å². The second-order valence-corrected chi connectivity index (χ2v) is 7.38. The predicted octanol–water partition coefficient (Wildman–Crippen LogP) is 2.21. The molecule has 0 radical (unpaired) electrons. The largest absolute Gasteiger partial charge is 0.493 e. The molecule has 144 valence electrons. The summed E-state index contributed by atoms with van der Waals surface area (Å²) in [6.45, 7) is 5.89. The van der Waals surface area contributed by atoms with E-state index in [-0.39, 0.29) is 17.5 Å². The fraction of sp³-hybridized carbons (Fsp3) is 0.650. The molecule has 1 N–H and O–H groups in total. The summed E-state index contributed by atoms with van der Waals surface area (Å²) in [5, 5.41) is 3.33. The highest BCUT2D eigenvalue weighted by atomic mass is 16.6. The molecule has 2 fully saturated rings. The number of esters is 1. The van der Waals surface area contributed by atoms with Crippen LogP contribution in [0.15, 0.2) is 18.2 Å². The Balaban J connectivity index is 1.58. The summed E-state index contributed by atoms with van der Waals surface area (Å²) in [7, 11) is 3.71.